The molecule has 0 saturated carbocycles. The highest BCUT2D eigenvalue weighted by molar-refractivity contribution is 14.1. The summed E-state index contributed by atoms with van der Waals surface area (Å²) in [5.41, 5.74) is 0.155. The van der Waals surface area contributed by atoms with E-state index in [9.17, 15) is 4.79 Å². The van der Waals surface area contributed by atoms with Crippen molar-refractivity contribution in [3.63, 3.8) is 0 Å². The number of nitrogens with zero attached hydrogens (tertiary/aromatic N) is 2. The smallest absolute Gasteiger partial charge is 0.415 e. The summed E-state index contributed by atoms with van der Waals surface area (Å²) >= 11 is 2.11. The zero-order valence-corrected chi connectivity index (χ0v) is 12.7. The quantitative estimate of drug-likeness (QED) is 0.526. The van der Waals surface area contributed by atoms with Gasteiger partial charge in [-0.1, -0.05) is 0 Å². The topological polar surface area (TPSA) is 51.7 Å². The fourth-order valence-corrected chi connectivity index (χ4v) is 1.98. The maximum atomic E-state index is 12.1. The number of pyridine rings is 1. The van der Waals surface area contributed by atoms with Gasteiger partial charge in [-0.2, -0.15) is 0 Å². The van der Waals surface area contributed by atoms with Gasteiger partial charge in [-0.3, -0.25) is 4.90 Å². The Morgan fingerprint density at radius 3 is 2.89 bits per heavy atom. The van der Waals surface area contributed by atoms with Gasteiger partial charge in [-0.15, -0.1) is 0 Å². The first-order chi connectivity index (χ1) is 8.37. The fourth-order valence-electron chi connectivity index (χ4n) is 1.58. The van der Waals surface area contributed by atoms with Crippen LogP contribution in [0.2, 0.25) is 0 Å². The van der Waals surface area contributed by atoms with Crippen LogP contribution < -0.4 is 9.64 Å². The largest absolute Gasteiger partial charge is 0.474 e. The van der Waals surface area contributed by atoms with Crippen molar-refractivity contribution in [1.29, 1.82) is 0 Å². The van der Waals surface area contributed by atoms with Crippen LogP contribution in [0.25, 0.3) is 0 Å². The molecular formula is C12H15IN2O3. The molecule has 98 valence electrons. The van der Waals surface area contributed by atoms with Crippen LogP contribution in [0.5, 0.6) is 5.88 Å². The van der Waals surface area contributed by atoms with Crippen molar-refractivity contribution in [1.82, 2.24) is 4.98 Å². The van der Waals surface area contributed by atoms with Gasteiger partial charge >= 0.3 is 6.09 Å². The Balaban J connectivity index is 2.25. The second-order valence-electron chi connectivity index (χ2n) is 4.94. The van der Waals surface area contributed by atoms with E-state index in [0.29, 0.717) is 24.7 Å². The molecule has 0 unspecified atom stereocenters. The van der Waals surface area contributed by atoms with Crippen LogP contribution in [0.4, 0.5) is 10.5 Å². The Morgan fingerprint density at radius 1 is 1.50 bits per heavy atom. The van der Waals surface area contributed by atoms with Gasteiger partial charge in [0.15, 0.2) is 0 Å². The lowest BCUT2D eigenvalue weighted by atomic mass is 10.2. The number of aromatic nitrogens is 1. The predicted octanol–water partition coefficient (Wildman–Crippen LogP) is 2.82. The van der Waals surface area contributed by atoms with Crippen LogP contribution in [0.1, 0.15) is 20.8 Å². The fraction of sp³-hybridized carbons (Fsp3) is 0.500. The number of hydrogen-bond acceptors (Lipinski definition) is 4. The maximum absolute atomic E-state index is 12.1. The van der Waals surface area contributed by atoms with Crippen molar-refractivity contribution in [2.45, 2.75) is 26.4 Å². The number of fused-ring (bicyclic) bond motifs is 1. The number of carbonyl (C=O) groups excluding carboxylic acids is 1. The van der Waals surface area contributed by atoms with E-state index in [0.717, 1.165) is 3.70 Å². The number of amides is 1. The summed E-state index contributed by atoms with van der Waals surface area (Å²) < 4.78 is 11.6. The summed E-state index contributed by atoms with van der Waals surface area (Å²) in [5.74, 6) is 0.485. The molecule has 2 rings (SSSR count). The van der Waals surface area contributed by atoms with Crippen LogP contribution in [0.15, 0.2) is 12.1 Å². The Morgan fingerprint density at radius 2 is 2.22 bits per heavy atom. The monoisotopic (exact) mass is 362 g/mol. The number of anilines is 1. The number of halogens is 1. The van der Waals surface area contributed by atoms with Crippen molar-refractivity contribution in [3.8, 4) is 5.88 Å². The first-order valence-corrected chi connectivity index (χ1v) is 6.74. The minimum atomic E-state index is -0.508. The summed E-state index contributed by atoms with van der Waals surface area (Å²) in [4.78, 5) is 17.9. The van der Waals surface area contributed by atoms with Gasteiger partial charge in [-0.05, 0) is 55.5 Å². The second-order valence-corrected chi connectivity index (χ2v) is 6.04. The molecule has 2 heterocycles. The minimum absolute atomic E-state index is 0.366. The molecule has 0 atom stereocenters. The van der Waals surface area contributed by atoms with E-state index in [-0.39, 0.29) is 6.09 Å². The molecule has 1 aromatic heterocycles. The Labute approximate surface area is 120 Å². The zero-order chi connectivity index (χ0) is 13.3. The summed E-state index contributed by atoms with van der Waals surface area (Å²) in [6.07, 6.45) is -0.366. The third-order valence-corrected chi connectivity index (χ3v) is 2.87. The van der Waals surface area contributed by atoms with Gasteiger partial charge < -0.3 is 9.47 Å². The van der Waals surface area contributed by atoms with Gasteiger partial charge in [0.25, 0.3) is 0 Å². The van der Waals surface area contributed by atoms with Gasteiger partial charge in [0.05, 0.1) is 6.54 Å². The molecule has 6 heteroatoms. The van der Waals surface area contributed by atoms with E-state index in [1.807, 2.05) is 32.9 Å². The molecule has 0 aliphatic carbocycles. The van der Waals surface area contributed by atoms with Crippen molar-refractivity contribution in [3.05, 3.63) is 15.8 Å². The third-order valence-electron chi connectivity index (χ3n) is 2.26. The van der Waals surface area contributed by atoms with Crippen LogP contribution in [0.3, 0.4) is 0 Å². The predicted molar refractivity (Wildman–Crippen MR) is 76.0 cm³/mol. The van der Waals surface area contributed by atoms with Crippen molar-refractivity contribution < 1.29 is 14.3 Å². The Kier molecular flexibility index (Phi) is 3.65. The van der Waals surface area contributed by atoms with E-state index in [4.69, 9.17) is 9.47 Å². The molecule has 0 bridgehead atoms. The molecule has 1 aliphatic heterocycles. The van der Waals surface area contributed by atoms with E-state index in [1.165, 1.54) is 0 Å². The minimum Gasteiger partial charge on any atom is -0.474 e. The molecule has 18 heavy (non-hydrogen) atoms. The van der Waals surface area contributed by atoms with Gasteiger partial charge in [0, 0.05) is 0 Å². The first kappa shape index (κ1) is 13.4. The van der Waals surface area contributed by atoms with E-state index in [2.05, 4.69) is 27.6 Å². The number of carbonyl (C=O) groups is 1. The first-order valence-electron chi connectivity index (χ1n) is 5.67. The zero-order valence-electron chi connectivity index (χ0n) is 10.6. The summed E-state index contributed by atoms with van der Waals surface area (Å²) in [6.45, 7) is 6.44. The molecule has 0 saturated heterocycles. The van der Waals surface area contributed by atoms with Crippen molar-refractivity contribution in [2.75, 3.05) is 18.1 Å². The molecule has 0 N–H and O–H groups in total. The van der Waals surface area contributed by atoms with Crippen LogP contribution in [-0.2, 0) is 4.74 Å². The molecule has 0 spiro atoms. The molecule has 0 fully saturated rings. The highest BCUT2D eigenvalue weighted by Gasteiger charge is 2.28. The number of ether oxygens (including phenoxy) is 2. The normalized spacial score (nSPS) is 14.8. The molecule has 1 aromatic rings. The molecule has 0 aromatic carbocycles. The average Bonchev–Trinajstić information content (AvgIpc) is 2.25. The van der Waals surface area contributed by atoms with Crippen molar-refractivity contribution in [2.24, 2.45) is 0 Å². The molecule has 5 nitrogen and oxygen atoms in total. The van der Waals surface area contributed by atoms with Crippen LogP contribution in [0, 0.1) is 3.70 Å². The van der Waals surface area contributed by atoms with E-state index >= 15 is 0 Å². The Bertz CT molecular complexity index is 471. The van der Waals surface area contributed by atoms with Gasteiger partial charge in [-0.25, -0.2) is 9.78 Å². The van der Waals surface area contributed by atoms with Gasteiger partial charge in [0.1, 0.15) is 21.6 Å². The average molecular weight is 362 g/mol. The Hall–Kier alpha value is -1.05. The number of rotatable bonds is 0. The van der Waals surface area contributed by atoms with E-state index in [1.54, 1.807) is 4.90 Å². The molecule has 1 amide bonds. The third kappa shape index (κ3) is 3.04. The second kappa shape index (κ2) is 4.91. The van der Waals surface area contributed by atoms with Crippen LogP contribution >= 0.6 is 22.6 Å². The molecular weight excluding hydrogens is 347 g/mol. The van der Waals surface area contributed by atoms with E-state index < -0.39 is 5.60 Å². The van der Waals surface area contributed by atoms with Gasteiger partial charge in [0.2, 0.25) is 5.88 Å². The summed E-state index contributed by atoms with van der Waals surface area (Å²) in [6, 6.07) is 3.67. The summed E-state index contributed by atoms with van der Waals surface area (Å²) in [5, 5.41) is 0. The molecule has 0 radical (unpaired) electrons. The SMILES string of the molecule is CC(C)(C)OC(=O)N1CCOc2nc(I)ccc21. The number of hydrogen-bond donors (Lipinski definition) is 0. The lowest BCUT2D eigenvalue weighted by Gasteiger charge is -2.30. The standard InChI is InChI=1S/C12H15IN2O3/c1-12(2,3)18-11(16)15-6-7-17-10-8(15)4-5-9(13)14-10/h4-5H,6-7H2,1-3H3. The highest BCUT2D eigenvalue weighted by Crippen LogP contribution is 2.31. The molecule has 1 aliphatic rings. The highest BCUT2D eigenvalue weighted by atomic mass is 127. The van der Waals surface area contributed by atoms with Crippen molar-refractivity contribution >= 4 is 34.4 Å². The van der Waals surface area contributed by atoms with Crippen LogP contribution in [-0.4, -0.2) is 29.8 Å². The maximum Gasteiger partial charge on any atom is 0.415 e. The lowest BCUT2D eigenvalue weighted by molar-refractivity contribution is 0.0566. The summed E-state index contributed by atoms with van der Waals surface area (Å²) in [7, 11) is 0. The lowest BCUT2D eigenvalue weighted by Crippen LogP contribution is -2.41.